The van der Waals surface area contributed by atoms with E-state index in [2.05, 4.69) is 10.3 Å². The number of methoxy groups -OCH3 is 3. The topological polar surface area (TPSA) is 104 Å². The summed E-state index contributed by atoms with van der Waals surface area (Å²) in [5, 5.41) is 16.0. The largest absolute Gasteiger partial charge is 0.497 e. The van der Waals surface area contributed by atoms with Crippen LogP contribution in [-0.2, 0) is 0 Å². The minimum absolute atomic E-state index is 0.0530. The number of pyridine rings is 1. The molecule has 1 fully saturated rings. The number of thiocarbonyl (C=S) groups is 1. The van der Waals surface area contributed by atoms with Crippen molar-refractivity contribution in [1.29, 1.82) is 0 Å². The van der Waals surface area contributed by atoms with Gasteiger partial charge in [-0.2, -0.15) is 0 Å². The molecule has 1 saturated heterocycles. The minimum Gasteiger partial charge on any atom is -0.497 e. The monoisotopic (exact) mass is 559 g/mol. The van der Waals surface area contributed by atoms with Crippen LogP contribution in [0.2, 0.25) is 0 Å². The number of rotatable bonds is 8. The molecule has 40 heavy (non-hydrogen) atoms. The van der Waals surface area contributed by atoms with Crippen LogP contribution in [0.15, 0.2) is 66.9 Å². The summed E-state index contributed by atoms with van der Waals surface area (Å²) in [6, 6.07) is 17.6. The fourth-order valence-electron chi connectivity index (χ4n) is 5.34. The maximum atomic E-state index is 12.1. The highest BCUT2D eigenvalue weighted by Crippen LogP contribution is 2.47. The van der Waals surface area contributed by atoms with Gasteiger partial charge in [0.15, 0.2) is 5.11 Å². The van der Waals surface area contributed by atoms with E-state index in [9.17, 15) is 10.1 Å². The van der Waals surface area contributed by atoms with Crippen LogP contribution in [0.1, 0.15) is 34.7 Å². The minimum atomic E-state index is -0.395. The third-order valence-corrected chi connectivity index (χ3v) is 7.47. The van der Waals surface area contributed by atoms with Crippen molar-refractivity contribution >= 4 is 28.7 Å². The molecule has 206 valence electrons. The Bertz CT molecular complexity index is 1590. The van der Waals surface area contributed by atoms with E-state index >= 15 is 0 Å². The Hall–Kier alpha value is -4.64. The lowest BCUT2D eigenvalue weighted by Gasteiger charge is -2.29. The lowest BCUT2D eigenvalue weighted by molar-refractivity contribution is -0.384. The summed E-state index contributed by atoms with van der Waals surface area (Å²) in [6.45, 7) is 3.88. The van der Waals surface area contributed by atoms with Crippen molar-refractivity contribution < 1.29 is 19.1 Å². The lowest BCUT2D eigenvalue weighted by Crippen LogP contribution is -2.30. The molecule has 1 N–H and O–H groups in total. The zero-order chi connectivity index (χ0) is 28.6. The zero-order valence-electron chi connectivity index (χ0n) is 22.7. The number of hydrogen-bond acceptors (Lipinski definition) is 7. The highest BCUT2D eigenvalue weighted by atomic mass is 32.1. The molecule has 0 spiro atoms. The first-order chi connectivity index (χ1) is 19.3. The van der Waals surface area contributed by atoms with Crippen molar-refractivity contribution in [3.8, 4) is 22.9 Å². The maximum Gasteiger partial charge on any atom is 0.296 e. The molecule has 0 amide bonds. The summed E-state index contributed by atoms with van der Waals surface area (Å²) >= 11 is 5.89. The summed E-state index contributed by atoms with van der Waals surface area (Å²) < 4.78 is 18.3. The van der Waals surface area contributed by atoms with Gasteiger partial charge in [0.25, 0.3) is 5.69 Å². The molecular formula is C29H29N5O5S. The van der Waals surface area contributed by atoms with Crippen molar-refractivity contribution in [1.82, 2.24) is 14.9 Å². The van der Waals surface area contributed by atoms with Crippen LogP contribution in [0.4, 0.5) is 11.4 Å². The molecule has 11 heteroatoms. The van der Waals surface area contributed by atoms with Crippen LogP contribution in [-0.4, -0.2) is 40.9 Å². The molecular weight excluding hydrogens is 530 g/mol. The molecule has 2 atom stereocenters. The predicted octanol–water partition coefficient (Wildman–Crippen LogP) is 5.60. The molecule has 0 radical (unpaired) electrons. The summed E-state index contributed by atoms with van der Waals surface area (Å²) in [4.78, 5) is 18.3. The van der Waals surface area contributed by atoms with Gasteiger partial charge in [-0.05, 0) is 74.1 Å². The SMILES string of the molecule is COc1ccc(N2C(=S)N[C@H](c3ccccn3)[C@H]2c2cc(C)n(-c3ccc(OC)cc3[N+](=O)[O-])c2C)c(OC)c1. The molecule has 0 aliphatic carbocycles. The van der Waals surface area contributed by atoms with Gasteiger partial charge in [0.05, 0.1) is 55.8 Å². The fraction of sp³-hybridized carbons (Fsp3) is 0.241. The van der Waals surface area contributed by atoms with Crippen molar-refractivity contribution in [2.45, 2.75) is 25.9 Å². The highest BCUT2D eigenvalue weighted by molar-refractivity contribution is 7.80. The van der Waals surface area contributed by atoms with Crippen molar-refractivity contribution in [3.05, 3.63) is 99.6 Å². The van der Waals surface area contributed by atoms with Gasteiger partial charge in [-0.25, -0.2) is 0 Å². The van der Waals surface area contributed by atoms with Crippen LogP contribution < -0.4 is 24.4 Å². The fourth-order valence-corrected chi connectivity index (χ4v) is 5.68. The summed E-state index contributed by atoms with van der Waals surface area (Å²) in [5.74, 6) is 1.66. The van der Waals surface area contributed by atoms with Crippen LogP contribution in [0.5, 0.6) is 17.2 Å². The Kier molecular flexibility index (Phi) is 7.31. The molecule has 5 rings (SSSR count). The third kappa shape index (κ3) is 4.58. The van der Waals surface area contributed by atoms with Gasteiger partial charge in [0.1, 0.15) is 22.9 Å². The average molecular weight is 560 g/mol. The molecule has 10 nitrogen and oxygen atoms in total. The van der Waals surface area contributed by atoms with E-state index in [-0.39, 0.29) is 17.8 Å². The van der Waals surface area contributed by atoms with Gasteiger partial charge >= 0.3 is 0 Å². The maximum absolute atomic E-state index is 12.1. The number of aryl methyl sites for hydroxylation is 1. The Balaban J connectivity index is 1.72. The number of nitro benzene ring substituents is 1. The zero-order valence-corrected chi connectivity index (χ0v) is 23.6. The van der Waals surface area contributed by atoms with Crippen molar-refractivity contribution in [2.24, 2.45) is 0 Å². The summed E-state index contributed by atoms with van der Waals surface area (Å²) in [7, 11) is 4.69. The number of benzene rings is 2. The van der Waals surface area contributed by atoms with Gasteiger partial charge in [-0.3, -0.25) is 15.1 Å². The number of hydrogen-bond donors (Lipinski definition) is 1. The average Bonchev–Trinajstić information content (AvgIpc) is 3.46. The third-order valence-electron chi connectivity index (χ3n) is 7.15. The number of nitro groups is 1. The van der Waals surface area contributed by atoms with Crippen LogP contribution in [0, 0.1) is 24.0 Å². The second-order valence-electron chi connectivity index (χ2n) is 9.31. The standard InChI is InChI=1S/C29H29N5O5S/c1-17-14-21(18(2)32(17)23-11-9-19(37-3)15-25(23)34(35)36)28-27(22-8-6-7-13-30-22)31-29(40)33(28)24-12-10-20(38-4)16-26(24)39-5/h6-16,27-28H,1-5H3,(H,31,40)/t27-,28-/m1/s1. The first-order valence-electron chi connectivity index (χ1n) is 12.5. The Morgan fingerprint density at radius 3 is 2.27 bits per heavy atom. The lowest BCUT2D eigenvalue weighted by atomic mass is 9.96. The van der Waals surface area contributed by atoms with E-state index in [1.54, 1.807) is 32.5 Å². The predicted molar refractivity (Wildman–Crippen MR) is 156 cm³/mol. The second kappa shape index (κ2) is 10.9. The quantitative estimate of drug-likeness (QED) is 0.168. The van der Waals surface area contributed by atoms with Gasteiger partial charge in [-0.1, -0.05) is 6.07 Å². The van der Waals surface area contributed by atoms with Gasteiger partial charge in [0.2, 0.25) is 0 Å². The summed E-state index contributed by atoms with van der Waals surface area (Å²) in [6.07, 6.45) is 1.75. The number of aromatic nitrogens is 2. The molecule has 2 aromatic heterocycles. The number of nitrogens with one attached hydrogen (secondary N) is 1. The van der Waals surface area contributed by atoms with Crippen molar-refractivity contribution in [2.75, 3.05) is 26.2 Å². The molecule has 0 unspecified atom stereocenters. The molecule has 1 aliphatic heterocycles. The molecule has 3 heterocycles. The molecule has 0 bridgehead atoms. The van der Waals surface area contributed by atoms with E-state index in [1.807, 2.05) is 65.8 Å². The van der Waals surface area contributed by atoms with Crippen LogP contribution >= 0.6 is 12.2 Å². The van der Waals surface area contributed by atoms with E-state index in [1.165, 1.54) is 13.2 Å². The van der Waals surface area contributed by atoms with Crippen LogP contribution in [0.3, 0.4) is 0 Å². The Labute approximate surface area is 237 Å². The number of anilines is 1. The number of ether oxygens (including phenoxy) is 3. The molecule has 2 aromatic carbocycles. The number of nitrogens with zero attached hydrogens (tertiary/aromatic N) is 4. The van der Waals surface area contributed by atoms with E-state index in [0.717, 1.165) is 28.3 Å². The smallest absolute Gasteiger partial charge is 0.296 e. The first-order valence-corrected chi connectivity index (χ1v) is 12.9. The van der Waals surface area contributed by atoms with E-state index in [4.69, 9.17) is 26.4 Å². The molecule has 0 saturated carbocycles. The second-order valence-corrected chi connectivity index (χ2v) is 9.69. The summed E-state index contributed by atoms with van der Waals surface area (Å²) in [5.41, 5.74) is 4.56. The van der Waals surface area contributed by atoms with E-state index < -0.39 is 4.92 Å². The van der Waals surface area contributed by atoms with Gasteiger partial charge in [-0.15, -0.1) is 0 Å². The van der Waals surface area contributed by atoms with E-state index in [0.29, 0.717) is 28.0 Å². The van der Waals surface area contributed by atoms with Gasteiger partial charge < -0.3 is 29.0 Å². The normalized spacial score (nSPS) is 16.5. The highest BCUT2D eigenvalue weighted by Gasteiger charge is 2.43. The van der Waals surface area contributed by atoms with Gasteiger partial charge in [0, 0.05) is 23.7 Å². The van der Waals surface area contributed by atoms with Crippen LogP contribution in [0.25, 0.3) is 5.69 Å². The molecule has 1 aliphatic rings. The van der Waals surface area contributed by atoms with Crippen molar-refractivity contribution in [3.63, 3.8) is 0 Å². The Morgan fingerprint density at radius 2 is 1.65 bits per heavy atom. The Morgan fingerprint density at radius 1 is 0.950 bits per heavy atom. The first kappa shape index (κ1) is 26.9. The molecule has 4 aromatic rings.